The highest BCUT2D eigenvalue weighted by Crippen LogP contribution is 2.24. The normalized spacial score (nSPS) is 10.6. The van der Waals surface area contributed by atoms with Crippen molar-refractivity contribution in [3.8, 4) is 10.9 Å². The van der Waals surface area contributed by atoms with Gasteiger partial charge in [0.15, 0.2) is 0 Å². The number of aromatic nitrogens is 4. The second-order valence-electron chi connectivity index (χ2n) is 5.06. The molecule has 124 valence electrons. The number of imidazole rings is 1. The molecule has 1 aromatic carbocycles. The Bertz CT molecular complexity index is 876. The van der Waals surface area contributed by atoms with E-state index < -0.39 is 0 Å². The average molecular weight is 408 g/mol. The monoisotopic (exact) mass is 407 g/mol. The number of amides is 1. The van der Waals surface area contributed by atoms with Gasteiger partial charge in [-0.25, -0.2) is 4.98 Å². The van der Waals surface area contributed by atoms with Crippen molar-refractivity contribution in [2.24, 2.45) is 0 Å². The summed E-state index contributed by atoms with van der Waals surface area (Å²) in [4.78, 5) is 15.1. The van der Waals surface area contributed by atoms with Crippen molar-refractivity contribution >= 4 is 38.3 Å². The van der Waals surface area contributed by atoms with E-state index in [2.05, 4.69) is 42.5 Å². The van der Waals surface area contributed by atoms with E-state index in [1.54, 1.807) is 6.33 Å². The van der Waals surface area contributed by atoms with Crippen molar-refractivity contribution < 1.29 is 9.53 Å². The number of hydrogen-bond acceptors (Lipinski definition) is 6. The minimum Gasteiger partial charge on any atom is -0.464 e. The molecule has 1 N–H and O–H groups in total. The quantitative estimate of drug-likeness (QED) is 0.701. The second-order valence-corrected chi connectivity index (χ2v) is 6.81. The van der Waals surface area contributed by atoms with Crippen molar-refractivity contribution in [3.63, 3.8) is 0 Å². The zero-order valence-electron chi connectivity index (χ0n) is 13.0. The van der Waals surface area contributed by atoms with Crippen LogP contribution in [0.4, 0.5) is 5.13 Å². The Morgan fingerprint density at radius 2 is 2.25 bits per heavy atom. The lowest BCUT2D eigenvalue weighted by Crippen LogP contribution is -2.04. The Morgan fingerprint density at radius 1 is 1.42 bits per heavy atom. The van der Waals surface area contributed by atoms with Gasteiger partial charge < -0.3 is 14.6 Å². The van der Waals surface area contributed by atoms with Crippen molar-refractivity contribution in [2.75, 3.05) is 5.32 Å². The van der Waals surface area contributed by atoms with Crippen molar-refractivity contribution in [3.05, 3.63) is 46.5 Å². The molecule has 0 saturated carbocycles. The van der Waals surface area contributed by atoms with Crippen LogP contribution in [0.25, 0.3) is 5.69 Å². The van der Waals surface area contributed by atoms with Crippen molar-refractivity contribution in [1.29, 1.82) is 0 Å². The molecule has 0 radical (unpaired) electrons. The molecule has 0 spiro atoms. The molecule has 0 aliphatic heterocycles. The van der Waals surface area contributed by atoms with Gasteiger partial charge in [-0.3, -0.25) is 4.79 Å². The fourth-order valence-electron chi connectivity index (χ4n) is 2.05. The van der Waals surface area contributed by atoms with Crippen LogP contribution in [0, 0.1) is 6.92 Å². The first-order valence-corrected chi connectivity index (χ1v) is 8.65. The lowest BCUT2D eigenvalue weighted by Gasteiger charge is -2.09. The molecule has 9 heteroatoms. The number of carbonyl (C=O) groups is 1. The fourth-order valence-corrected chi connectivity index (χ4v) is 3.00. The number of ether oxygens (including phenoxy) is 1. The number of aryl methyl sites for hydroxylation is 1. The summed E-state index contributed by atoms with van der Waals surface area (Å²) in [5.74, 6) is -0.185. The first-order valence-electron chi connectivity index (χ1n) is 7.04. The van der Waals surface area contributed by atoms with Crippen LogP contribution in [0.1, 0.15) is 18.1 Å². The molecule has 0 fully saturated rings. The first-order chi connectivity index (χ1) is 11.5. The molecule has 0 aliphatic carbocycles. The summed E-state index contributed by atoms with van der Waals surface area (Å²) in [5.41, 5.74) is 3.18. The van der Waals surface area contributed by atoms with E-state index in [0.29, 0.717) is 16.9 Å². The number of nitrogens with zero attached hydrogens (tertiary/aromatic N) is 4. The Morgan fingerprint density at radius 3 is 2.92 bits per heavy atom. The third kappa shape index (κ3) is 3.98. The molecule has 3 aromatic rings. The zero-order chi connectivity index (χ0) is 17.1. The van der Waals surface area contributed by atoms with Crippen LogP contribution < -0.4 is 10.1 Å². The maximum Gasteiger partial charge on any atom is 0.296 e. The summed E-state index contributed by atoms with van der Waals surface area (Å²) in [6.07, 6.45) is 3.65. The number of nitrogens with one attached hydrogen (secondary N) is 1. The molecule has 24 heavy (non-hydrogen) atoms. The summed E-state index contributed by atoms with van der Waals surface area (Å²) in [6.45, 7) is 3.83. The number of hydrogen-bond donors (Lipinski definition) is 1. The average Bonchev–Trinajstić information content (AvgIpc) is 3.14. The smallest absolute Gasteiger partial charge is 0.296 e. The second kappa shape index (κ2) is 7.10. The van der Waals surface area contributed by atoms with Crippen LogP contribution in [0.2, 0.25) is 0 Å². The highest BCUT2D eigenvalue weighted by Gasteiger charge is 2.08. The highest BCUT2D eigenvalue weighted by atomic mass is 79.9. The van der Waals surface area contributed by atoms with E-state index in [9.17, 15) is 4.79 Å². The highest BCUT2D eigenvalue weighted by molar-refractivity contribution is 9.10. The maximum absolute atomic E-state index is 11.0. The number of halogens is 1. The lowest BCUT2D eigenvalue weighted by atomic mass is 10.1. The number of benzene rings is 1. The Kier molecular flexibility index (Phi) is 4.91. The van der Waals surface area contributed by atoms with Crippen LogP contribution in [0.3, 0.4) is 0 Å². The van der Waals surface area contributed by atoms with Crippen LogP contribution in [0.5, 0.6) is 5.19 Å². The summed E-state index contributed by atoms with van der Waals surface area (Å²) in [5, 5.41) is 11.2. The maximum atomic E-state index is 11.0. The van der Waals surface area contributed by atoms with Gasteiger partial charge in [-0.2, -0.15) is 0 Å². The molecule has 2 aromatic heterocycles. The van der Waals surface area contributed by atoms with E-state index in [1.807, 2.05) is 29.8 Å². The summed E-state index contributed by atoms with van der Waals surface area (Å²) in [6, 6.07) is 6.08. The first kappa shape index (κ1) is 16.6. The van der Waals surface area contributed by atoms with E-state index in [1.165, 1.54) is 18.3 Å². The number of carbonyl (C=O) groups excluding carboxylic acids is 1. The van der Waals surface area contributed by atoms with Crippen molar-refractivity contribution in [1.82, 2.24) is 19.7 Å². The lowest BCUT2D eigenvalue weighted by molar-refractivity contribution is -0.114. The van der Waals surface area contributed by atoms with Crippen LogP contribution in [-0.2, 0) is 11.4 Å². The van der Waals surface area contributed by atoms with Gasteiger partial charge in [-0.1, -0.05) is 11.2 Å². The molecule has 0 saturated heterocycles. The summed E-state index contributed by atoms with van der Waals surface area (Å²) < 4.78 is 8.38. The Balaban J connectivity index is 1.67. The van der Waals surface area contributed by atoms with Gasteiger partial charge in [0.2, 0.25) is 11.0 Å². The molecule has 0 atom stereocenters. The summed E-state index contributed by atoms with van der Waals surface area (Å²) in [7, 11) is 0. The molecule has 1 amide bonds. The molecular formula is C15H14BrN5O2S. The van der Waals surface area contributed by atoms with Crippen LogP contribution in [0.15, 0.2) is 35.3 Å². The van der Waals surface area contributed by atoms with Gasteiger partial charge in [0.05, 0.1) is 0 Å². The van der Waals surface area contributed by atoms with Gasteiger partial charge in [-0.15, -0.1) is 5.10 Å². The van der Waals surface area contributed by atoms with Gasteiger partial charge in [0.25, 0.3) is 5.19 Å². The van der Waals surface area contributed by atoms with E-state index >= 15 is 0 Å². The molecular weight excluding hydrogens is 394 g/mol. The number of anilines is 1. The van der Waals surface area contributed by atoms with E-state index in [4.69, 9.17) is 4.74 Å². The largest absolute Gasteiger partial charge is 0.464 e. The van der Waals surface area contributed by atoms with E-state index in [-0.39, 0.29) is 5.91 Å². The molecule has 0 unspecified atom stereocenters. The topological polar surface area (TPSA) is 81.9 Å². The minimum atomic E-state index is -0.185. The van der Waals surface area contributed by atoms with Gasteiger partial charge >= 0.3 is 0 Å². The Hall–Kier alpha value is -2.26. The van der Waals surface area contributed by atoms with E-state index in [0.717, 1.165) is 21.4 Å². The standard InChI is InChI=1S/C15H14BrN5O2S/c1-9-5-12(21-6-13(16)17-8-21)4-3-11(9)7-23-15-20-19-14(24-15)18-10(2)22/h3-6,8H,7H2,1-2H3,(H,18,19,22). The predicted molar refractivity (Wildman–Crippen MR) is 94.5 cm³/mol. The Labute approximate surface area is 150 Å². The minimum absolute atomic E-state index is 0.185. The molecule has 7 nitrogen and oxygen atoms in total. The third-order valence-electron chi connectivity index (χ3n) is 3.22. The summed E-state index contributed by atoms with van der Waals surface area (Å²) >= 11 is 4.54. The van der Waals surface area contributed by atoms with Crippen molar-refractivity contribution in [2.45, 2.75) is 20.5 Å². The SMILES string of the molecule is CC(=O)Nc1nnc(OCc2ccc(-n3cnc(Br)c3)cc2C)s1. The number of rotatable bonds is 5. The fraction of sp³-hybridized carbons (Fsp3) is 0.200. The predicted octanol–water partition coefficient (Wildman–Crippen LogP) is 3.33. The van der Waals surface area contributed by atoms with Gasteiger partial charge in [0, 0.05) is 18.8 Å². The van der Waals surface area contributed by atoms with Crippen LogP contribution in [-0.4, -0.2) is 25.7 Å². The van der Waals surface area contributed by atoms with Gasteiger partial charge in [-0.05, 0) is 57.5 Å². The third-order valence-corrected chi connectivity index (χ3v) is 4.38. The molecule has 0 bridgehead atoms. The van der Waals surface area contributed by atoms with Crippen LogP contribution >= 0.6 is 27.3 Å². The zero-order valence-corrected chi connectivity index (χ0v) is 15.4. The molecule has 0 aliphatic rings. The van der Waals surface area contributed by atoms with Gasteiger partial charge in [0.1, 0.15) is 17.5 Å². The molecule has 3 rings (SSSR count). The molecule has 2 heterocycles.